The number of amides is 1. The molecule has 8 heteroatoms. The first-order valence-electron chi connectivity index (χ1n) is 10.5. The standard InChI is InChI=1S/C24H19ClN4OS2/c1-13-10-20(27-23(30)22-21(25)16-8-4-5-9-18(16)31-22)29(28-13)24-26-17-11-14-6-2-3-7-15(14)12-19(17)32-24/h4-5,8-12H,2-3,6-7H2,1H3,(H,27,30). The summed E-state index contributed by atoms with van der Waals surface area (Å²) in [5.74, 6) is 0.346. The van der Waals surface area contributed by atoms with Crippen LogP contribution in [0.4, 0.5) is 5.82 Å². The Labute approximate surface area is 197 Å². The normalized spacial score (nSPS) is 13.6. The second kappa shape index (κ2) is 7.69. The number of nitrogens with one attached hydrogen (secondary N) is 1. The lowest BCUT2D eigenvalue weighted by Gasteiger charge is -2.14. The molecule has 1 aliphatic rings. The molecule has 160 valence electrons. The van der Waals surface area contributed by atoms with Gasteiger partial charge in [-0.25, -0.2) is 4.98 Å². The van der Waals surface area contributed by atoms with Gasteiger partial charge in [0.05, 0.1) is 20.9 Å². The number of halogens is 1. The highest BCUT2D eigenvalue weighted by Gasteiger charge is 2.21. The number of aromatic nitrogens is 3. The van der Waals surface area contributed by atoms with Crippen molar-refractivity contribution in [2.45, 2.75) is 32.6 Å². The Hall–Kier alpha value is -2.74. The smallest absolute Gasteiger partial charge is 0.268 e. The molecule has 6 rings (SSSR count). The summed E-state index contributed by atoms with van der Waals surface area (Å²) in [6.07, 6.45) is 4.75. The molecule has 0 fully saturated rings. The molecule has 0 saturated carbocycles. The Balaban J connectivity index is 1.37. The van der Waals surface area contributed by atoms with Gasteiger partial charge in [-0.05, 0) is 61.9 Å². The maximum atomic E-state index is 13.1. The number of benzene rings is 2. The summed E-state index contributed by atoms with van der Waals surface area (Å²) in [5.41, 5.74) is 4.64. The van der Waals surface area contributed by atoms with E-state index in [1.54, 1.807) is 16.0 Å². The molecule has 0 atom stereocenters. The van der Waals surface area contributed by atoms with E-state index < -0.39 is 0 Å². The molecule has 32 heavy (non-hydrogen) atoms. The second-order valence-electron chi connectivity index (χ2n) is 8.07. The fourth-order valence-corrected chi connectivity index (χ4v) is 6.69. The van der Waals surface area contributed by atoms with Gasteiger partial charge < -0.3 is 5.32 Å². The zero-order valence-corrected chi connectivity index (χ0v) is 19.7. The molecule has 3 aromatic heterocycles. The zero-order chi connectivity index (χ0) is 21.8. The van der Waals surface area contributed by atoms with E-state index in [2.05, 4.69) is 22.5 Å². The van der Waals surface area contributed by atoms with Gasteiger partial charge in [0.25, 0.3) is 5.91 Å². The van der Waals surface area contributed by atoms with E-state index in [0.717, 1.165) is 44.0 Å². The molecule has 1 amide bonds. The third kappa shape index (κ3) is 3.32. The van der Waals surface area contributed by atoms with E-state index in [-0.39, 0.29) is 5.91 Å². The number of hydrogen-bond acceptors (Lipinski definition) is 5. The third-order valence-electron chi connectivity index (χ3n) is 5.84. The molecule has 0 unspecified atom stereocenters. The number of carbonyl (C=O) groups excluding carboxylic acids is 1. The molecular formula is C24H19ClN4OS2. The molecule has 5 aromatic rings. The van der Waals surface area contributed by atoms with Crippen LogP contribution in [-0.4, -0.2) is 20.7 Å². The molecule has 0 saturated heterocycles. The number of fused-ring (bicyclic) bond motifs is 3. The van der Waals surface area contributed by atoms with E-state index in [1.807, 2.05) is 37.3 Å². The van der Waals surface area contributed by atoms with Crippen LogP contribution in [0.2, 0.25) is 5.02 Å². The van der Waals surface area contributed by atoms with E-state index in [1.165, 1.54) is 35.3 Å². The molecule has 1 aliphatic carbocycles. The van der Waals surface area contributed by atoms with Crippen molar-refractivity contribution in [3.63, 3.8) is 0 Å². The van der Waals surface area contributed by atoms with Crippen LogP contribution in [0, 0.1) is 6.92 Å². The van der Waals surface area contributed by atoms with Crippen LogP contribution in [0.15, 0.2) is 42.5 Å². The Morgan fingerprint density at radius 1 is 1.06 bits per heavy atom. The van der Waals surface area contributed by atoms with E-state index in [4.69, 9.17) is 16.6 Å². The van der Waals surface area contributed by atoms with Crippen LogP contribution in [0.3, 0.4) is 0 Å². The topological polar surface area (TPSA) is 59.8 Å². The first kappa shape index (κ1) is 19.9. The van der Waals surface area contributed by atoms with Crippen molar-refractivity contribution in [2.75, 3.05) is 5.32 Å². The Bertz CT molecular complexity index is 1470. The predicted molar refractivity (Wildman–Crippen MR) is 133 cm³/mol. The lowest BCUT2D eigenvalue weighted by atomic mass is 9.92. The predicted octanol–water partition coefficient (Wildman–Crippen LogP) is 6.79. The van der Waals surface area contributed by atoms with E-state index >= 15 is 0 Å². The van der Waals surface area contributed by atoms with Crippen LogP contribution in [0.5, 0.6) is 0 Å². The number of thiazole rings is 1. The quantitative estimate of drug-likeness (QED) is 0.310. The van der Waals surface area contributed by atoms with Crippen molar-refractivity contribution in [1.82, 2.24) is 14.8 Å². The number of anilines is 1. The number of aryl methyl sites for hydroxylation is 3. The van der Waals surface area contributed by atoms with Crippen LogP contribution < -0.4 is 5.32 Å². The average Bonchev–Trinajstić information content (AvgIpc) is 3.47. The minimum Gasteiger partial charge on any atom is -0.306 e. The van der Waals surface area contributed by atoms with Crippen molar-refractivity contribution < 1.29 is 4.79 Å². The highest BCUT2D eigenvalue weighted by Crippen LogP contribution is 2.36. The summed E-state index contributed by atoms with van der Waals surface area (Å²) in [5, 5.41) is 9.73. The summed E-state index contributed by atoms with van der Waals surface area (Å²) in [6, 6.07) is 14.1. The van der Waals surface area contributed by atoms with Gasteiger partial charge in [0, 0.05) is 16.2 Å². The number of nitrogens with zero attached hydrogens (tertiary/aromatic N) is 3. The summed E-state index contributed by atoms with van der Waals surface area (Å²) in [7, 11) is 0. The van der Waals surface area contributed by atoms with Crippen molar-refractivity contribution >= 4 is 66.3 Å². The highest BCUT2D eigenvalue weighted by atomic mass is 35.5. The minimum absolute atomic E-state index is 0.242. The zero-order valence-electron chi connectivity index (χ0n) is 17.3. The Morgan fingerprint density at radius 2 is 1.84 bits per heavy atom. The lowest BCUT2D eigenvalue weighted by molar-refractivity contribution is 0.103. The Morgan fingerprint density at radius 3 is 2.66 bits per heavy atom. The van der Waals surface area contributed by atoms with Gasteiger partial charge in [-0.2, -0.15) is 9.78 Å². The van der Waals surface area contributed by atoms with Gasteiger partial charge in [0.15, 0.2) is 0 Å². The van der Waals surface area contributed by atoms with E-state index in [0.29, 0.717) is 15.7 Å². The fraction of sp³-hybridized carbons (Fsp3) is 0.208. The maximum Gasteiger partial charge on any atom is 0.268 e. The van der Waals surface area contributed by atoms with Crippen LogP contribution in [0.25, 0.3) is 25.4 Å². The Kier molecular flexibility index (Phi) is 4.78. The molecule has 0 radical (unpaired) electrons. The van der Waals surface area contributed by atoms with Crippen molar-refractivity contribution in [3.8, 4) is 5.13 Å². The molecule has 0 spiro atoms. The summed E-state index contributed by atoms with van der Waals surface area (Å²) in [4.78, 5) is 18.4. The molecule has 3 heterocycles. The largest absolute Gasteiger partial charge is 0.306 e. The summed E-state index contributed by atoms with van der Waals surface area (Å²) < 4.78 is 3.86. The van der Waals surface area contributed by atoms with E-state index in [9.17, 15) is 4.79 Å². The van der Waals surface area contributed by atoms with Crippen molar-refractivity contribution in [3.05, 3.63) is 69.2 Å². The molecule has 2 aromatic carbocycles. The number of rotatable bonds is 3. The molecular weight excluding hydrogens is 460 g/mol. The number of hydrogen-bond donors (Lipinski definition) is 1. The fourth-order valence-electron chi connectivity index (χ4n) is 4.30. The monoisotopic (exact) mass is 478 g/mol. The van der Waals surface area contributed by atoms with Crippen LogP contribution >= 0.6 is 34.3 Å². The van der Waals surface area contributed by atoms with Gasteiger partial charge in [0.2, 0.25) is 5.13 Å². The van der Waals surface area contributed by atoms with Gasteiger partial charge in [-0.1, -0.05) is 41.1 Å². The van der Waals surface area contributed by atoms with Gasteiger partial charge in [-0.3, -0.25) is 4.79 Å². The molecule has 0 bridgehead atoms. The highest BCUT2D eigenvalue weighted by molar-refractivity contribution is 7.21. The van der Waals surface area contributed by atoms with Crippen LogP contribution in [0.1, 0.15) is 39.3 Å². The van der Waals surface area contributed by atoms with Gasteiger partial charge in [-0.15, -0.1) is 11.3 Å². The summed E-state index contributed by atoms with van der Waals surface area (Å²) in [6.45, 7) is 1.91. The van der Waals surface area contributed by atoms with Crippen molar-refractivity contribution in [2.24, 2.45) is 0 Å². The molecule has 0 aliphatic heterocycles. The summed E-state index contributed by atoms with van der Waals surface area (Å²) >= 11 is 9.50. The second-order valence-corrected chi connectivity index (χ2v) is 10.5. The first-order valence-corrected chi connectivity index (χ1v) is 12.6. The third-order valence-corrected chi connectivity index (χ3v) is 8.50. The molecule has 5 nitrogen and oxygen atoms in total. The van der Waals surface area contributed by atoms with Crippen LogP contribution in [-0.2, 0) is 12.8 Å². The number of carbonyl (C=O) groups is 1. The SMILES string of the molecule is Cc1cc(NC(=O)c2sc3ccccc3c2Cl)n(-c2nc3cc4c(cc3s2)CCCC4)n1. The number of thiophene rings is 1. The average molecular weight is 479 g/mol. The lowest BCUT2D eigenvalue weighted by Crippen LogP contribution is -2.14. The van der Waals surface area contributed by atoms with Crippen molar-refractivity contribution in [1.29, 1.82) is 0 Å². The van der Waals surface area contributed by atoms with Gasteiger partial charge >= 0.3 is 0 Å². The maximum absolute atomic E-state index is 13.1. The minimum atomic E-state index is -0.242. The van der Waals surface area contributed by atoms with Gasteiger partial charge in [0.1, 0.15) is 10.7 Å². The first-order chi connectivity index (χ1) is 15.6. The molecule has 1 N–H and O–H groups in total.